The van der Waals surface area contributed by atoms with Gasteiger partial charge in [0.25, 0.3) is 5.91 Å². The van der Waals surface area contributed by atoms with Crippen LogP contribution in [0.4, 0.5) is 0 Å². The zero-order chi connectivity index (χ0) is 18.0. The maximum Gasteiger partial charge on any atom is 0.254 e. The van der Waals surface area contributed by atoms with Gasteiger partial charge in [-0.05, 0) is 43.7 Å². The zero-order valence-corrected chi connectivity index (χ0v) is 14.4. The monoisotopic (exact) mass is 338 g/mol. The number of ether oxygens (including phenoxy) is 1. The molecule has 3 rings (SSSR count). The highest BCUT2D eigenvalue weighted by atomic mass is 16.5. The maximum absolute atomic E-state index is 13.0. The highest BCUT2D eigenvalue weighted by molar-refractivity contribution is 5.97. The molecule has 2 N–H and O–H groups in total. The van der Waals surface area contributed by atoms with Gasteiger partial charge in [0.15, 0.2) is 0 Å². The number of carbonyl (C=O) groups is 2. The van der Waals surface area contributed by atoms with Crippen LogP contribution in [0.1, 0.15) is 46.2 Å². The van der Waals surface area contributed by atoms with Crippen molar-refractivity contribution in [3.63, 3.8) is 0 Å². The standard InChI is InChI=1S/C20H22N2O3/c1-13-12-25-18(15-6-4-3-5-7-15)14(2)22(13)20(24)17-10-8-16(9-11-17)19(21)23/h3-11,13-14,18H,12H2,1-2H3,(H2,21,23)/t13-,14+,18-/m1/s1. The number of primary amides is 1. The van der Waals surface area contributed by atoms with E-state index in [0.29, 0.717) is 17.7 Å². The Morgan fingerprint density at radius 3 is 2.20 bits per heavy atom. The number of amides is 2. The van der Waals surface area contributed by atoms with Crippen molar-refractivity contribution >= 4 is 11.8 Å². The van der Waals surface area contributed by atoms with Gasteiger partial charge in [0.2, 0.25) is 5.91 Å². The zero-order valence-electron chi connectivity index (χ0n) is 14.4. The summed E-state index contributed by atoms with van der Waals surface area (Å²) in [7, 11) is 0. The molecule has 0 aromatic heterocycles. The molecule has 1 saturated heterocycles. The first-order valence-electron chi connectivity index (χ1n) is 8.38. The second kappa shape index (κ2) is 7.07. The van der Waals surface area contributed by atoms with Crippen molar-refractivity contribution in [1.82, 2.24) is 4.90 Å². The van der Waals surface area contributed by atoms with Crippen molar-refractivity contribution in [2.45, 2.75) is 32.0 Å². The molecule has 2 amide bonds. The van der Waals surface area contributed by atoms with Crippen molar-refractivity contribution in [3.8, 4) is 0 Å². The van der Waals surface area contributed by atoms with Gasteiger partial charge in [-0.25, -0.2) is 0 Å². The van der Waals surface area contributed by atoms with Crippen LogP contribution in [-0.2, 0) is 4.74 Å². The van der Waals surface area contributed by atoms with Crippen LogP contribution in [0.25, 0.3) is 0 Å². The predicted octanol–water partition coefficient (Wildman–Crippen LogP) is 2.78. The summed E-state index contributed by atoms with van der Waals surface area (Å²) in [5.41, 5.74) is 7.25. The number of morpholine rings is 1. The average Bonchev–Trinajstić information content (AvgIpc) is 2.62. The van der Waals surface area contributed by atoms with E-state index < -0.39 is 5.91 Å². The SMILES string of the molecule is C[C@@H]1CO[C@@H](c2ccccc2)[C@H](C)N1C(=O)c1ccc(C(N)=O)cc1. The Bertz CT molecular complexity index is 758. The van der Waals surface area contributed by atoms with Crippen LogP contribution in [0.3, 0.4) is 0 Å². The van der Waals surface area contributed by atoms with Gasteiger partial charge in [-0.2, -0.15) is 0 Å². The van der Waals surface area contributed by atoms with E-state index in [1.54, 1.807) is 24.3 Å². The van der Waals surface area contributed by atoms with Gasteiger partial charge >= 0.3 is 0 Å². The summed E-state index contributed by atoms with van der Waals surface area (Å²) in [6.07, 6.45) is -0.161. The van der Waals surface area contributed by atoms with Crippen LogP contribution >= 0.6 is 0 Å². The highest BCUT2D eigenvalue weighted by Gasteiger charge is 2.37. The first-order chi connectivity index (χ1) is 12.0. The summed E-state index contributed by atoms with van der Waals surface area (Å²) < 4.78 is 6.00. The van der Waals surface area contributed by atoms with E-state index in [-0.39, 0.29) is 24.1 Å². The van der Waals surface area contributed by atoms with E-state index >= 15 is 0 Å². The molecule has 2 aromatic carbocycles. The second-order valence-electron chi connectivity index (χ2n) is 6.41. The van der Waals surface area contributed by atoms with Crippen LogP contribution < -0.4 is 5.73 Å². The first kappa shape index (κ1) is 17.2. The minimum absolute atomic E-state index is 0.0294. The lowest BCUT2D eigenvalue weighted by Gasteiger charge is -2.44. The number of rotatable bonds is 3. The Morgan fingerprint density at radius 1 is 1.00 bits per heavy atom. The Hall–Kier alpha value is -2.66. The van der Waals surface area contributed by atoms with Gasteiger partial charge < -0.3 is 15.4 Å². The Labute approximate surface area is 147 Å². The molecular weight excluding hydrogens is 316 g/mol. The summed E-state index contributed by atoms with van der Waals surface area (Å²) in [6, 6.07) is 16.3. The number of nitrogens with zero attached hydrogens (tertiary/aromatic N) is 1. The topological polar surface area (TPSA) is 72.6 Å². The molecule has 0 radical (unpaired) electrons. The number of carbonyl (C=O) groups excluding carboxylic acids is 2. The lowest BCUT2D eigenvalue weighted by molar-refractivity contribution is -0.0806. The summed E-state index contributed by atoms with van der Waals surface area (Å²) in [5, 5.41) is 0. The quantitative estimate of drug-likeness (QED) is 0.935. The van der Waals surface area contributed by atoms with E-state index in [1.165, 1.54) is 0 Å². The van der Waals surface area contributed by atoms with Crippen molar-refractivity contribution in [2.75, 3.05) is 6.61 Å². The van der Waals surface area contributed by atoms with Gasteiger partial charge in [0.1, 0.15) is 6.10 Å². The largest absolute Gasteiger partial charge is 0.369 e. The number of hydrogen-bond donors (Lipinski definition) is 1. The third kappa shape index (κ3) is 3.42. The normalized spacial score (nSPS) is 23.3. The fourth-order valence-electron chi connectivity index (χ4n) is 3.34. The van der Waals surface area contributed by atoms with Crippen molar-refractivity contribution < 1.29 is 14.3 Å². The average molecular weight is 338 g/mol. The fraction of sp³-hybridized carbons (Fsp3) is 0.300. The molecular formula is C20H22N2O3. The predicted molar refractivity (Wildman–Crippen MR) is 95.2 cm³/mol. The molecule has 1 aliphatic heterocycles. The van der Waals surface area contributed by atoms with E-state index in [4.69, 9.17) is 10.5 Å². The summed E-state index contributed by atoms with van der Waals surface area (Å²) >= 11 is 0. The number of benzene rings is 2. The first-order valence-corrected chi connectivity index (χ1v) is 8.38. The van der Waals surface area contributed by atoms with E-state index in [0.717, 1.165) is 5.56 Å². The van der Waals surface area contributed by atoms with Gasteiger partial charge in [0, 0.05) is 11.1 Å². The summed E-state index contributed by atoms with van der Waals surface area (Å²) in [5.74, 6) is -0.573. The molecule has 0 bridgehead atoms. The molecule has 1 heterocycles. The summed E-state index contributed by atoms with van der Waals surface area (Å²) in [4.78, 5) is 26.1. The minimum atomic E-state index is -0.503. The Morgan fingerprint density at radius 2 is 1.60 bits per heavy atom. The molecule has 0 saturated carbocycles. The molecule has 5 nitrogen and oxygen atoms in total. The molecule has 130 valence electrons. The van der Waals surface area contributed by atoms with Crippen molar-refractivity contribution in [1.29, 1.82) is 0 Å². The van der Waals surface area contributed by atoms with Gasteiger partial charge in [0.05, 0.1) is 18.7 Å². The van der Waals surface area contributed by atoms with E-state index in [9.17, 15) is 9.59 Å². The minimum Gasteiger partial charge on any atom is -0.369 e. The highest BCUT2D eigenvalue weighted by Crippen LogP contribution is 2.31. The second-order valence-corrected chi connectivity index (χ2v) is 6.41. The molecule has 2 aromatic rings. The maximum atomic E-state index is 13.0. The van der Waals surface area contributed by atoms with Gasteiger partial charge in [-0.15, -0.1) is 0 Å². The molecule has 0 aliphatic carbocycles. The van der Waals surface area contributed by atoms with Crippen molar-refractivity contribution in [3.05, 3.63) is 71.3 Å². The van der Waals surface area contributed by atoms with Crippen LogP contribution in [0.2, 0.25) is 0 Å². The third-order valence-corrected chi connectivity index (χ3v) is 4.65. The molecule has 3 atom stereocenters. The summed E-state index contributed by atoms with van der Waals surface area (Å²) in [6.45, 7) is 4.46. The molecule has 0 unspecified atom stereocenters. The Balaban J connectivity index is 1.85. The smallest absolute Gasteiger partial charge is 0.254 e. The van der Waals surface area contributed by atoms with Crippen LogP contribution in [-0.4, -0.2) is 35.4 Å². The number of nitrogens with two attached hydrogens (primary N) is 1. The van der Waals surface area contributed by atoms with Gasteiger partial charge in [-0.3, -0.25) is 9.59 Å². The Kier molecular flexibility index (Phi) is 4.86. The lowest BCUT2D eigenvalue weighted by atomic mass is 9.97. The number of hydrogen-bond acceptors (Lipinski definition) is 3. The van der Waals surface area contributed by atoms with E-state index in [1.807, 2.05) is 49.1 Å². The van der Waals surface area contributed by atoms with Crippen LogP contribution in [0, 0.1) is 0 Å². The third-order valence-electron chi connectivity index (χ3n) is 4.65. The molecule has 0 spiro atoms. The van der Waals surface area contributed by atoms with Crippen LogP contribution in [0.15, 0.2) is 54.6 Å². The molecule has 1 fully saturated rings. The van der Waals surface area contributed by atoms with Crippen molar-refractivity contribution in [2.24, 2.45) is 5.73 Å². The van der Waals surface area contributed by atoms with Crippen LogP contribution in [0.5, 0.6) is 0 Å². The molecule has 25 heavy (non-hydrogen) atoms. The fourth-order valence-corrected chi connectivity index (χ4v) is 3.34. The molecule has 5 heteroatoms. The van der Waals surface area contributed by atoms with Gasteiger partial charge in [-0.1, -0.05) is 30.3 Å². The lowest BCUT2D eigenvalue weighted by Crippen LogP contribution is -2.53. The molecule has 1 aliphatic rings. The van der Waals surface area contributed by atoms with E-state index in [2.05, 4.69) is 0 Å².